The van der Waals surface area contributed by atoms with Crippen molar-refractivity contribution in [3.05, 3.63) is 0 Å². The van der Waals surface area contributed by atoms with Crippen LogP contribution in [-0.2, 0) is 9.53 Å². The number of morpholine rings is 1. The zero-order valence-corrected chi connectivity index (χ0v) is 8.45. The molecule has 1 rings (SSSR count). The molecule has 4 heteroatoms. The van der Waals surface area contributed by atoms with E-state index in [2.05, 4.69) is 16.1 Å². The minimum absolute atomic E-state index is 0.00159. The molecule has 1 unspecified atom stereocenters. The second kappa shape index (κ2) is 5.63. The zero-order valence-electron chi connectivity index (χ0n) is 8.45. The van der Waals surface area contributed by atoms with E-state index in [1.807, 2.05) is 0 Å². The normalized spacial score (nSPS) is 22.7. The van der Waals surface area contributed by atoms with Crippen molar-refractivity contribution < 1.29 is 9.53 Å². The van der Waals surface area contributed by atoms with Crippen molar-refractivity contribution in [2.24, 2.45) is 0 Å². The standard InChI is InChI=1S/C10H16N2O2/c1-3-4-5-12-6-7-14-8-9(12)10(13)11-2/h1,9H,4-8H2,2H3,(H,11,13). The third-order valence-corrected chi connectivity index (χ3v) is 2.33. The molecular weight excluding hydrogens is 180 g/mol. The second-order valence-electron chi connectivity index (χ2n) is 3.20. The Morgan fingerprint density at radius 2 is 2.57 bits per heavy atom. The van der Waals surface area contributed by atoms with E-state index in [0.717, 1.165) is 13.1 Å². The molecule has 0 aromatic heterocycles. The molecule has 1 aliphatic heterocycles. The Labute approximate surface area is 84.6 Å². The first-order valence-electron chi connectivity index (χ1n) is 4.76. The SMILES string of the molecule is C#CCCN1CCOCC1C(=O)NC. The van der Waals surface area contributed by atoms with Crippen LogP contribution in [0.1, 0.15) is 6.42 Å². The van der Waals surface area contributed by atoms with Gasteiger partial charge in [-0.2, -0.15) is 0 Å². The minimum atomic E-state index is -0.179. The molecule has 1 N–H and O–H groups in total. The summed E-state index contributed by atoms with van der Waals surface area (Å²) in [6.45, 7) is 2.68. The van der Waals surface area contributed by atoms with Gasteiger partial charge in [-0.25, -0.2) is 0 Å². The van der Waals surface area contributed by atoms with Crippen LogP contribution in [0.15, 0.2) is 0 Å². The van der Waals surface area contributed by atoms with E-state index in [-0.39, 0.29) is 11.9 Å². The molecule has 0 spiro atoms. The van der Waals surface area contributed by atoms with E-state index in [1.54, 1.807) is 7.05 Å². The van der Waals surface area contributed by atoms with Crippen LogP contribution in [0.4, 0.5) is 0 Å². The number of nitrogens with one attached hydrogen (secondary N) is 1. The Balaban J connectivity index is 2.50. The molecule has 1 fully saturated rings. The summed E-state index contributed by atoms with van der Waals surface area (Å²) in [5.41, 5.74) is 0. The van der Waals surface area contributed by atoms with E-state index in [4.69, 9.17) is 11.2 Å². The third-order valence-electron chi connectivity index (χ3n) is 2.33. The van der Waals surface area contributed by atoms with Crippen LogP contribution in [0, 0.1) is 12.3 Å². The summed E-state index contributed by atoms with van der Waals surface area (Å²) in [5.74, 6) is 2.58. The minimum Gasteiger partial charge on any atom is -0.378 e. The highest BCUT2D eigenvalue weighted by Crippen LogP contribution is 2.07. The lowest BCUT2D eigenvalue weighted by Crippen LogP contribution is -2.53. The number of ether oxygens (including phenoxy) is 1. The number of amides is 1. The van der Waals surface area contributed by atoms with E-state index in [1.165, 1.54) is 0 Å². The maximum atomic E-state index is 11.5. The van der Waals surface area contributed by atoms with Crippen LogP contribution in [0.25, 0.3) is 0 Å². The van der Waals surface area contributed by atoms with Crippen LogP contribution in [0.2, 0.25) is 0 Å². The van der Waals surface area contributed by atoms with Crippen molar-refractivity contribution in [2.45, 2.75) is 12.5 Å². The van der Waals surface area contributed by atoms with Crippen molar-refractivity contribution in [1.29, 1.82) is 0 Å². The molecule has 0 aromatic rings. The van der Waals surface area contributed by atoms with E-state index < -0.39 is 0 Å². The molecule has 1 amide bonds. The molecule has 1 saturated heterocycles. The number of terminal acetylenes is 1. The molecule has 0 saturated carbocycles. The highest BCUT2D eigenvalue weighted by molar-refractivity contribution is 5.81. The fourth-order valence-electron chi connectivity index (χ4n) is 1.52. The summed E-state index contributed by atoms with van der Waals surface area (Å²) in [7, 11) is 1.64. The van der Waals surface area contributed by atoms with E-state index >= 15 is 0 Å². The fourth-order valence-corrected chi connectivity index (χ4v) is 1.52. The fraction of sp³-hybridized carbons (Fsp3) is 0.700. The van der Waals surface area contributed by atoms with Gasteiger partial charge in [-0.05, 0) is 0 Å². The molecular formula is C10H16N2O2. The summed E-state index contributed by atoms with van der Waals surface area (Å²) >= 11 is 0. The van der Waals surface area contributed by atoms with Crippen LogP contribution in [0.3, 0.4) is 0 Å². The summed E-state index contributed by atoms with van der Waals surface area (Å²) in [6, 6.07) is -0.179. The van der Waals surface area contributed by atoms with Gasteiger partial charge in [0.05, 0.1) is 13.2 Å². The van der Waals surface area contributed by atoms with Gasteiger partial charge in [0.1, 0.15) is 6.04 Å². The average molecular weight is 196 g/mol. The molecule has 78 valence electrons. The monoisotopic (exact) mass is 196 g/mol. The smallest absolute Gasteiger partial charge is 0.239 e. The Kier molecular flexibility index (Phi) is 4.44. The largest absolute Gasteiger partial charge is 0.378 e. The maximum absolute atomic E-state index is 11.5. The van der Waals surface area contributed by atoms with E-state index in [9.17, 15) is 4.79 Å². The lowest BCUT2D eigenvalue weighted by atomic mass is 10.2. The highest BCUT2D eigenvalue weighted by Gasteiger charge is 2.27. The Morgan fingerprint density at radius 1 is 1.79 bits per heavy atom. The molecule has 1 heterocycles. The molecule has 0 aromatic carbocycles. The first-order valence-corrected chi connectivity index (χ1v) is 4.76. The highest BCUT2D eigenvalue weighted by atomic mass is 16.5. The third kappa shape index (κ3) is 2.72. The van der Waals surface area contributed by atoms with Gasteiger partial charge in [0.25, 0.3) is 0 Å². The van der Waals surface area contributed by atoms with Crippen molar-refractivity contribution in [3.8, 4) is 12.3 Å². The maximum Gasteiger partial charge on any atom is 0.239 e. The number of likely N-dealkylation sites (N-methyl/N-ethyl adjacent to an activating group) is 1. The van der Waals surface area contributed by atoms with E-state index in [0.29, 0.717) is 19.6 Å². The van der Waals surface area contributed by atoms with Crippen LogP contribution < -0.4 is 5.32 Å². The lowest BCUT2D eigenvalue weighted by Gasteiger charge is -2.33. The predicted octanol–water partition coefficient (Wildman–Crippen LogP) is -0.543. The zero-order chi connectivity index (χ0) is 10.4. The average Bonchev–Trinajstić information content (AvgIpc) is 2.25. The van der Waals surface area contributed by atoms with Gasteiger partial charge in [-0.1, -0.05) is 0 Å². The van der Waals surface area contributed by atoms with Gasteiger partial charge in [-0.15, -0.1) is 12.3 Å². The molecule has 1 aliphatic rings. The Hall–Kier alpha value is -1.05. The molecule has 14 heavy (non-hydrogen) atoms. The summed E-state index contributed by atoms with van der Waals surface area (Å²) in [6.07, 6.45) is 5.87. The Morgan fingerprint density at radius 3 is 3.21 bits per heavy atom. The number of nitrogens with zero attached hydrogens (tertiary/aromatic N) is 1. The molecule has 1 atom stereocenters. The summed E-state index contributed by atoms with van der Waals surface area (Å²) in [5, 5.41) is 2.63. The van der Waals surface area contributed by atoms with Crippen molar-refractivity contribution in [3.63, 3.8) is 0 Å². The van der Waals surface area contributed by atoms with Gasteiger partial charge in [-0.3, -0.25) is 9.69 Å². The van der Waals surface area contributed by atoms with Gasteiger partial charge in [0, 0.05) is 26.6 Å². The number of rotatable bonds is 3. The van der Waals surface area contributed by atoms with Crippen molar-refractivity contribution in [1.82, 2.24) is 10.2 Å². The van der Waals surface area contributed by atoms with Crippen LogP contribution in [0.5, 0.6) is 0 Å². The topological polar surface area (TPSA) is 41.6 Å². The first kappa shape index (κ1) is 11.0. The lowest BCUT2D eigenvalue weighted by molar-refractivity contribution is -0.131. The molecule has 0 aliphatic carbocycles. The quantitative estimate of drug-likeness (QED) is 0.616. The predicted molar refractivity (Wildman–Crippen MR) is 53.7 cm³/mol. The van der Waals surface area contributed by atoms with Gasteiger partial charge >= 0.3 is 0 Å². The molecule has 4 nitrogen and oxygen atoms in total. The van der Waals surface area contributed by atoms with Crippen LogP contribution >= 0.6 is 0 Å². The number of carbonyl (C=O) groups excluding carboxylic acids is 1. The van der Waals surface area contributed by atoms with Crippen molar-refractivity contribution >= 4 is 5.91 Å². The number of hydrogen-bond donors (Lipinski definition) is 1. The first-order chi connectivity index (χ1) is 6.79. The summed E-state index contributed by atoms with van der Waals surface area (Å²) in [4.78, 5) is 13.5. The second-order valence-corrected chi connectivity index (χ2v) is 3.20. The molecule has 0 radical (unpaired) electrons. The van der Waals surface area contributed by atoms with Gasteiger partial charge in [0.2, 0.25) is 5.91 Å². The number of carbonyl (C=O) groups is 1. The number of hydrogen-bond acceptors (Lipinski definition) is 3. The van der Waals surface area contributed by atoms with Crippen molar-refractivity contribution in [2.75, 3.05) is 33.4 Å². The molecule has 0 bridgehead atoms. The summed E-state index contributed by atoms with van der Waals surface area (Å²) < 4.78 is 5.26. The van der Waals surface area contributed by atoms with Gasteiger partial charge in [0.15, 0.2) is 0 Å². The Bertz CT molecular complexity index is 235. The van der Waals surface area contributed by atoms with Crippen LogP contribution in [-0.4, -0.2) is 50.2 Å². The van der Waals surface area contributed by atoms with Gasteiger partial charge < -0.3 is 10.1 Å².